The zero-order valence-electron chi connectivity index (χ0n) is 16.4. The number of pyridine rings is 1. The zero-order chi connectivity index (χ0) is 19.6. The van der Waals surface area contributed by atoms with E-state index in [1.54, 1.807) is 0 Å². The fourth-order valence-corrected chi connectivity index (χ4v) is 4.05. The van der Waals surface area contributed by atoms with Gasteiger partial charge in [-0.25, -0.2) is 0 Å². The SMILES string of the molecule is C[n+]1c(-c2ccccc2)cc(-c2ccc3cccccc2-3)cc1-c1ccccc1. The fraction of sp³-hybridized carbons (Fsp3) is 0.0357. The molecule has 2 aromatic carbocycles. The third kappa shape index (κ3) is 3.21. The van der Waals surface area contributed by atoms with Crippen LogP contribution >= 0.6 is 0 Å². The van der Waals surface area contributed by atoms with Crippen molar-refractivity contribution in [2.45, 2.75) is 0 Å². The summed E-state index contributed by atoms with van der Waals surface area (Å²) in [6.45, 7) is 0. The first kappa shape index (κ1) is 17.4. The predicted molar refractivity (Wildman–Crippen MR) is 121 cm³/mol. The van der Waals surface area contributed by atoms with Crippen LogP contribution in [0.2, 0.25) is 0 Å². The maximum absolute atomic E-state index is 2.31. The van der Waals surface area contributed by atoms with Crippen LogP contribution in [0, 0.1) is 0 Å². The van der Waals surface area contributed by atoms with Crippen LogP contribution in [-0.2, 0) is 7.05 Å². The Balaban J connectivity index is 1.78. The molecule has 0 fully saturated rings. The van der Waals surface area contributed by atoms with Crippen molar-refractivity contribution in [3.05, 3.63) is 115 Å². The first-order valence-electron chi connectivity index (χ1n) is 9.94. The van der Waals surface area contributed by atoms with Gasteiger partial charge in [-0.3, -0.25) is 0 Å². The molecule has 1 aromatic heterocycles. The van der Waals surface area contributed by atoms with Crippen molar-refractivity contribution in [3.8, 4) is 44.8 Å². The highest BCUT2D eigenvalue weighted by atomic mass is 14.9. The summed E-state index contributed by atoms with van der Waals surface area (Å²) in [7, 11) is 2.15. The second-order valence-corrected chi connectivity index (χ2v) is 7.33. The third-order valence-corrected chi connectivity index (χ3v) is 5.55. The van der Waals surface area contributed by atoms with Gasteiger partial charge in [0.25, 0.3) is 0 Å². The van der Waals surface area contributed by atoms with E-state index in [1.807, 2.05) is 0 Å². The normalized spacial score (nSPS) is 10.9. The van der Waals surface area contributed by atoms with Gasteiger partial charge in [0.15, 0.2) is 0 Å². The second-order valence-electron chi connectivity index (χ2n) is 7.33. The minimum absolute atomic E-state index is 1.21. The summed E-state index contributed by atoms with van der Waals surface area (Å²) in [4.78, 5) is 0. The molecule has 5 rings (SSSR count). The molecule has 29 heavy (non-hydrogen) atoms. The van der Waals surface area contributed by atoms with E-state index in [2.05, 4.69) is 127 Å². The summed E-state index contributed by atoms with van der Waals surface area (Å²) in [6.07, 6.45) is 0. The first-order valence-corrected chi connectivity index (χ1v) is 9.94. The molecule has 1 heterocycles. The van der Waals surface area contributed by atoms with Crippen molar-refractivity contribution in [3.63, 3.8) is 0 Å². The maximum atomic E-state index is 2.31. The molecular formula is C28H22N+. The lowest BCUT2D eigenvalue weighted by atomic mass is 9.98. The van der Waals surface area contributed by atoms with E-state index in [0.717, 1.165) is 0 Å². The average Bonchev–Trinajstić information content (AvgIpc) is 3.03. The van der Waals surface area contributed by atoms with Gasteiger partial charge in [-0.2, -0.15) is 4.57 Å². The predicted octanol–water partition coefficient (Wildman–Crippen LogP) is 6.62. The molecule has 138 valence electrons. The standard InChI is InChI=1S/C28H22N/c1-29-27(22-12-6-2-7-13-22)19-24(20-28(29)23-14-8-3-9-15-23)26-18-17-21-11-5-4-10-16-25(21)26/h2-20H,1H3/q+1. The van der Waals surface area contributed by atoms with E-state index in [1.165, 1.54) is 44.8 Å². The van der Waals surface area contributed by atoms with Crippen LogP contribution in [0.3, 0.4) is 0 Å². The molecule has 0 N–H and O–H groups in total. The van der Waals surface area contributed by atoms with Gasteiger partial charge in [0.1, 0.15) is 7.05 Å². The van der Waals surface area contributed by atoms with Crippen molar-refractivity contribution in [2.24, 2.45) is 7.05 Å². The highest BCUT2D eigenvalue weighted by Crippen LogP contribution is 2.37. The topological polar surface area (TPSA) is 3.88 Å². The lowest BCUT2D eigenvalue weighted by Gasteiger charge is -2.10. The molecule has 0 radical (unpaired) electrons. The number of nitrogens with zero attached hydrogens (tertiary/aromatic N) is 1. The third-order valence-electron chi connectivity index (χ3n) is 5.55. The van der Waals surface area contributed by atoms with Crippen molar-refractivity contribution in [1.82, 2.24) is 0 Å². The summed E-state index contributed by atoms with van der Waals surface area (Å²) < 4.78 is 2.29. The zero-order valence-corrected chi connectivity index (χ0v) is 16.4. The van der Waals surface area contributed by atoms with Gasteiger partial charge in [-0.05, 0) is 46.5 Å². The number of benzene rings is 2. The van der Waals surface area contributed by atoms with Crippen LogP contribution in [0.5, 0.6) is 0 Å². The molecule has 0 bridgehead atoms. The average molecular weight is 372 g/mol. The lowest BCUT2D eigenvalue weighted by Crippen LogP contribution is -2.34. The number of hydrogen-bond acceptors (Lipinski definition) is 0. The van der Waals surface area contributed by atoms with E-state index < -0.39 is 0 Å². The molecular weight excluding hydrogens is 350 g/mol. The van der Waals surface area contributed by atoms with E-state index >= 15 is 0 Å². The van der Waals surface area contributed by atoms with Crippen LogP contribution in [0.15, 0.2) is 115 Å². The van der Waals surface area contributed by atoms with Gasteiger partial charge in [0.05, 0.1) is 0 Å². The van der Waals surface area contributed by atoms with E-state index in [4.69, 9.17) is 0 Å². The van der Waals surface area contributed by atoms with Crippen molar-refractivity contribution in [1.29, 1.82) is 0 Å². The van der Waals surface area contributed by atoms with Crippen LogP contribution in [0.1, 0.15) is 0 Å². The Morgan fingerprint density at radius 1 is 0.414 bits per heavy atom. The molecule has 0 spiro atoms. The van der Waals surface area contributed by atoms with Gasteiger partial charge >= 0.3 is 0 Å². The molecule has 0 unspecified atom stereocenters. The summed E-state index contributed by atoms with van der Waals surface area (Å²) in [5.74, 6) is 0. The van der Waals surface area contributed by atoms with Gasteiger partial charge in [-0.15, -0.1) is 0 Å². The highest BCUT2D eigenvalue weighted by Gasteiger charge is 2.21. The van der Waals surface area contributed by atoms with Gasteiger partial charge < -0.3 is 0 Å². The maximum Gasteiger partial charge on any atom is 0.213 e. The summed E-state index contributed by atoms with van der Waals surface area (Å²) in [5, 5.41) is 0. The van der Waals surface area contributed by atoms with Crippen LogP contribution < -0.4 is 4.57 Å². The second kappa shape index (κ2) is 7.37. The molecule has 0 amide bonds. The smallest absolute Gasteiger partial charge is 0.194 e. The van der Waals surface area contributed by atoms with Crippen LogP contribution in [0.25, 0.3) is 44.8 Å². The Morgan fingerprint density at radius 2 is 0.862 bits per heavy atom. The highest BCUT2D eigenvalue weighted by molar-refractivity contribution is 5.88. The van der Waals surface area contributed by atoms with E-state index in [9.17, 15) is 0 Å². The Labute approximate surface area is 171 Å². The van der Waals surface area contributed by atoms with E-state index in [-0.39, 0.29) is 0 Å². The molecule has 1 nitrogen and oxygen atoms in total. The quantitative estimate of drug-likeness (QED) is 0.313. The molecule has 2 aliphatic rings. The Kier molecular flexibility index (Phi) is 4.42. The molecule has 0 aliphatic heterocycles. The Morgan fingerprint density at radius 3 is 1.41 bits per heavy atom. The van der Waals surface area contributed by atoms with E-state index in [0.29, 0.717) is 0 Å². The number of aromatic nitrogens is 1. The van der Waals surface area contributed by atoms with Gasteiger partial charge in [0, 0.05) is 23.3 Å². The molecule has 0 saturated heterocycles. The van der Waals surface area contributed by atoms with Crippen molar-refractivity contribution in [2.75, 3.05) is 0 Å². The number of hydrogen-bond donors (Lipinski definition) is 0. The largest absolute Gasteiger partial charge is 0.213 e. The van der Waals surface area contributed by atoms with Crippen molar-refractivity contribution >= 4 is 0 Å². The minimum atomic E-state index is 1.21. The molecule has 3 aromatic rings. The Bertz CT molecular complexity index is 1180. The number of rotatable bonds is 3. The molecule has 2 aliphatic carbocycles. The van der Waals surface area contributed by atoms with Crippen molar-refractivity contribution < 1.29 is 4.57 Å². The van der Waals surface area contributed by atoms with Gasteiger partial charge in [0.2, 0.25) is 11.4 Å². The minimum Gasteiger partial charge on any atom is -0.194 e. The van der Waals surface area contributed by atoms with Crippen LogP contribution in [-0.4, -0.2) is 0 Å². The lowest BCUT2D eigenvalue weighted by molar-refractivity contribution is -0.649. The molecule has 0 saturated carbocycles. The summed E-state index contributed by atoms with van der Waals surface area (Å²) in [5.41, 5.74) is 9.90. The molecule has 0 atom stereocenters. The Hall–Kier alpha value is -3.71. The van der Waals surface area contributed by atoms with Gasteiger partial charge in [-0.1, -0.05) is 78.9 Å². The molecule has 1 heteroatoms. The number of fused-ring (bicyclic) bond motifs is 1. The monoisotopic (exact) mass is 372 g/mol. The summed E-state index contributed by atoms with van der Waals surface area (Å²) in [6, 6.07) is 41.0. The van der Waals surface area contributed by atoms with Crippen LogP contribution in [0.4, 0.5) is 0 Å². The first-order chi connectivity index (χ1) is 14.3. The fourth-order valence-electron chi connectivity index (χ4n) is 4.05. The summed E-state index contributed by atoms with van der Waals surface area (Å²) >= 11 is 0.